The number of benzene rings is 2. The molecule has 8 rings (SSSR count). The van der Waals surface area contributed by atoms with Crippen LogP contribution in [0.5, 0.6) is 0 Å². The molecular weight excluding hydrogens is 480 g/mol. The van der Waals surface area contributed by atoms with Gasteiger partial charge in [-0.25, -0.2) is 10.6 Å². The van der Waals surface area contributed by atoms with Crippen LogP contribution in [0.25, 0.3) is 0 Å². The topological polar surface area (TPSA) is 119 Å². The second-order valence-electron chi connectivity index (χ2n) is 10.9. The van der Waals surface area contributed by atoms with E-state index in [2.05, 4.69) is 17.0 Å². The summed E-state index contributed by atoms with van der Waals surface area (Å²) in [6, 6.07) is 10.2. The van der Waals surface area contributed by atoms with Crippen molar-refractivity contribution in [3.05, 3.63) is 58.1 Å². The third-order valence-corrected chi connectivity index (χ3v) is 8.53. The van der Waals surface area contributed by atoms with Crippen molar-refractivity contribution in [2.45, 2.75) is 51.5 Å². The molecule has 1 unspecified atom stereocenters. The van der Waals surface area contributed by atoms with E-state index in [-0.39, 0.29) is 18.4 Å². The van der Waals surface area contributed by atoms with E-state index in [1.165, 1.54) is 5.56 Å². The minimum atomic E-state index is -0.864. The normalized spacial score (nSPS) is 22.6. The summed E-state index contributed by atoms with van der Waals surface area (Å²) in [5, 5.41) is 11.5. The number of nitrogen functional groups attached to an aromatic ring is 1. The number of urea groups is 1. The average molecular weight is 521 g/mol. The lowest BCUT2D eigenvalue weighted by Gasteiger charge is -2.39. The fraction of sp³-hybridized carbons (Fsp3) is 0.517. The Bertz CT molecular complexity index is 1190. The molecule has 1 fully saturated rings. The molecule has 0 saturated carbocycles. The highest BCUT2D eigenvalue weighted by Gasteiger charge is 2.29. The molecule has 2 amide bonds. The first-order chi connectivity index (χ1) is 18.3. The molecule has 6 heterocycles. The number of piperazine rings is 1. The maximum absolute atomic E-state index is 13.4. The highest BCUT2D eigenvalue weighted by atomic mass is 16.4. The van der Waals surface area contributed by atoms with Gasteiger partial charge >= 0.3 is 12.0 Å². The fourth-order valence-electron chi connectivity index (χ4n) is 6.18. The molecular formula is C29H40N6O3. The average Bonchev–Trinajstić information content (AvgIpc) is 2.92. The zero-order chi connectivity index (χ0) is 26.8. The van der Waals surface area contributed by atoms with Crippen molar-refractivity contribution in [1.82, 2.24) is 14.7 Å². The van der Waals surface area contributed by atoms with Gasteiger partial charge < -0.3 is 25.6 Å². The largest absolute Gasteiger partial charge is 0.481 e. The maximum Gasteiger partial charge on any atom is 0.320 e. The molecule has 1 atom stereocenters. The Kier molecular flexibility index (Phi) is 7.76. The number of nitrogens with zero attached hydrogens (tertiary/aromatic N) is 4. The van der Waals surface area contributed by atoms with Crippen LogP contribution in [-0.2, 0) is 17.8 Å². The van der Waals surface area contributed by atoms with Gasteiger partial charge in [0.15, 0.2) is 0 Å². The monoisotopic (exact) mass is 520 g/mol. The number of hydrogen-bond donors (Lipinski definition) is 3. The lowest BCUT2D eigenvalue weighted by Crippen LogP contribution is -2.53. The summed E-state index contributed by atoms with van der Waals surface area (Å²) in [4.78, 5) is 31.7. The van der Waals surface area contributed by atoms with Crippen LogP contribution < -0.4 is 16.6 Å². The summed E-state index contributed by atoms with van der Waals surface area (Å²) in [5.74, 6) is 5.21. The number of amides is 2. The molecule has 9 nitrogen and oxygen atoms in total. The van der Waals surface area contributed by atoms with Crippen LogP contribution in [0.4, 0.5) is 16.2 Å². The second-order valence-corrected chi connectivity index (χ2v) is 10.9. The molecule has 5 N–H and O–H groups in total. The molecule has 0 aliphatic carbocycles. The van der Waals surface area contributed by atoms with E-state index < -0.39 is 5.97 Å². The van der Waals surface area contributed by atoms with Crippen molar-refractivity contribution < 1.29 is 14.7 Å². The molecule has 1 saturated heterocycles. The maximum atomic E-state index is 13.4. The quantitative estimate of drug-likeness (QED) is 0.411. The summed E-state index contributed by atoms with van der Waals surface area (Å²) in [7, 11) is 0. The van der Waals surface area contributed by atoms with Gasteiger partial charge in [0.05, 0.1) is 17.8 Å². The molecule has 2 aromatic rings. The van der Waals surface area contributed by atoms with Gasteiger partial charge in [0.1, 0.15) is 0 Å². The van der Waals surface area contributed by atoms with E-state index in [0.717, 1.165) is 86.3 Å². The number of nitrogens with two attached hydrogens (primary N) is 2. The molecule has 6 aliphatic heterocycles. The number of aliphatic carboxylic acids is 1. The second kappa shape index (κ2) is 11.2. The molecule has 9 heteroatoms. The van der Waals surface area contributed by atoms with E-state index in [1.54, 1.807) is 5.01 Å². The van der Waals surface area contributed by atoms with Crippen LogP contribution in [0.1, 0.15) is 59.4 Å². The van der Waals surface area contributed by atoms with Gasteiger partial charge in [-0.2, -0.15) is 0 Å². The number of carboxylic acids is 1. The summed E-state index contributed by atoms with van der Waals surface area (Å²) in [6.07, 6.45) is 3.88. The van der Waals surface area contributed by atoms with E-state index in [1.807, 2.05) is 34.9 Å². The van der Waals surface area contributed by atoms with Crippen LogP contribution in [0.15, 0.2) is 30.3 Å². The molecule has 0 radical (unpaired) electrons. The van der Waals surface area contributed by atoms with Crippen molar-refractivity contribution in [2.75, 3.05) is 56.6 Å². The third kappa shape index (κ3) is 5.44. The lowest BCUT2D eigenvalue weighted by atomic mass is 9.83. The van der Waals surface area contributed by atoms with Gasteiger partial charge in [-0.3, -0.25) is 9.69 Å². The van der Waals surface area contributed by atoms with Crippen LogP contribution in [0.3, 0.4) is 0 Å². The number of anilines is 2. The zero-order valence-corrected chi connectivity index (χ0v) is 22.4. The SMILES string of the molecule is Cc1c2ccc(c1N)N(N)CCCCCN1CCN(CC1)C(=O)N1CCc3ccc(cc3C1)C2CC(=O)O. The number of hydrazine groups is 1. The van der Waals surface area contributed by atoms with Gasteiger partial charge in [0.25, 0.3) is 0 Å². The van der Waals surface area contributed by atoms with Crippen LogP contribution in [0.2, 0.25) is 0 Å². The van der Waals surface area contributed by atoms with Gasteiger partial charge in [-0.15, -0.1) is 0 Å². The van der Waals surface area contributed by atoms with Crippen molar-refractivity contribution in [3.8, 4) is 0 Å². The Morgan fingerprint density at radius 3 is 2.47 bits per heavy atom. The smallest absolute Gasteiger partial charge is 0.320 e. The van der Waals surface area contributed by atoms with E-state index >= 15 is 0 Å². The molecule has 2 aromatic carbocycles. The molecule has 204 valence electrons. The van der Waals surface area contributed by atoms with Gasteiger partial charge in [0.2, 0.25) is 0 Å². The Morgan fingerprint density at radius 2 is 1.71 bits per heavy atom. The fourth-order valence-corrected chi connectivity index (χ4v) is 6.18. The first-order valence-electron chi connectivity index (χ1n) is 13.8. The Balaban J connectivity index is 1.51. The summed E-state index contributed by atoms with van der Waals surface area (Å²) >= 11 is 0. The van der Waals surface area contributed by atoms with E-state index in [0.29, 0.717) is 25.3 Å². The first-order valence-corrected chi connectivity index (χ1v) is 13.8. The van der Waals surface area contributed by atoms with Crippen molar-refractivity contribution in [1.29, 1.82) is 0 Å². The van der Waals surface area contributed by atoms with Gasteiger partial charge in [-0.05, 0) is 66.6 Å². The number of carboxylic acid groups (broad SMARTS) is 1. The molecule has 7 bridgehead atoms. The molecule has 0 spiro atoms. The first kappa shape index (κ1) is 26.3. The highest BCUT2D eigenvalue weighted by molar-refractivity contribution is 5.76. The molecule has 0 aromatic heterocycles. The summed E-state index contributed by atoms with van der Waals surface area (Å²) in [5.41, 5.74) is 13.0. The highest BCUT2D eigenvalue weighted by Crippen LogP contribution is 2.37. The minimum Gasteiger partial charge on any atom is -0.481 e. The molecule has 38 heavy (non-hydrogen) atoms. The van der Waals surface area contributed by atoms with E-state index in [4.69, 9.17) is 11.6 Å². The molecule has 6 aliphatic rings. The predicted octanol–water partition coefficient (Wildman–Crippen LogP) is 3.14. The Morgan fingerprint density at radius 1 is 0.947 bits per heavy atom. The van der Waals surface area contributed by atoms with E-state index in [9.17, 15) is 14.7 Å². The van der Waals surface area contributed by atoms with Gasteiger partial charge in [-0.1, -0.05) is 30.7 Å². The van der Waals surface area contributed by atoms with Crippen LogP contribution in [-0.4, -0.2) is 77.6 Å². The standard InChI is InChI=1S/C29H40N6O3/c1-20-24-7-8-26(28(20)30)35(31)11-4-2-3-10-32-13-15-33(16-14-32)29(38)34-12-9-21-5-6-22(17-23(21)19-34)25(24)18-27(36)37/h5-8,17,25H,2-4,9-16,18-19,30-31H2,1H3,(H,36,37). The number of hydrogen-bond acceptors (Lipinski definition) is 6. The van der Waals surface area contributed by atoms with Gasteiger partial charge in [0, 0.05) is 51.7 Å². The summed E-state index contributed by atoms with van der Waals surface area (Å²) < 4.78 is 0. The third-order valence-electron chi connectivity index (χ3n) is 8.53. The minimum absolute atomic E-state index is 0.0440. The number of carbonyl (C=O) groups is 2. The Hall–Kier alpha value is -3.30. The predicted molar refractivity (Wildman–Crippen MR) is 149 cm³/mol. The summed E-state index contributed by atoms with van der Waals surface area (Å²) in [6.45, 7) is 8.25. The zero-order valence-electron chi connectivity index (χ0n) is 22.4. The van der Waals surface area contributed by atoms with Crippen molar-refractivity contribution in [2.24, 2.45) is 5.84 Å². The number of rotatable bonds is 2. The number of carbonyl (C=O) groups excluding carboxylic acids is 1. The van der Waals surface area contributed by atoms with Crippen molar-refractivity contribution in [3.63, 3.8) is 0 Å². The van der Waals surface area contributed by atoms with Crippen molar-refractivity contribution >= 4 is 23.4 Å². The lowest BCUT2D eigenvalue weighted by molar-refractivity contribution is -0.137. The van der Waals surface area contributed by atoms with Crippen LogP contribution in [0, 0.1) is 6.92 Å². The Labute approximate surface area is 224 Å². The van der Waals surface area contributed by atoms with Crippen LogP contribution >= 0.6 is 0 Å².